The topological polar surface area (TPSA) is 77.8 Å². The molecule has 0 bridgehead atoms. The van der Waals surface area contributed by atoms with Crippen LogP contribution < -0.4 is 5.73 Å². The Morgan fingerprint density at radius 3 is 2.00 bits per heavy atom. The molecular formula is C3H11NO2. The summed E-state index contributed by atoms with van der Waals surface area (Å²) in [5, 5.41) is 8.14. The Morgan fingerprint density at radius 2 is 2.00 bits per heavy atom. The third-order valence-electron chi connectivity index (χ3n) is 0.418. The number of hydrogen-bond donors (Lipinski definition) is 2. The summed E-state index contributed by atoms with van der Waals surface area (Å²) in [4.78, 5) is 0. The molecule has 0 aromatic carbocycles. The molecule has 0 aromatic rings. The molecule has 1 unspecified atom stereocenters. The maximum atomic E-state index is 8.14. The summed E-state index contributed by atoms with van der Waals surface area (Å²) in [5.41, 5.74) is 4.85. The Kier molecular flexibility index (Phi) is 7.57. The third-order valence-corrected chi connectivity index (χ3v) is 0.418. The zero-order valence-electron chi connectivity index (χ0n) is 3.81. The number of hydrogen-bond acceptors (Lipinski definition) is 2. The van der Waals surface area contributed by atoms with E-state index < -0.39 is 6.23 Å². The summed E-state index contributed by atoms with van der Waals surface area (Å²) in [6, 6.07) is 0. The normalized spacial score (nSPS) is 12.5. The van der Waals surface area contributed by atoms with Crippen LogP contribution in [0.15, 0.2) is 0 Å². The van der Waals surface area contributed by atoms with Gasteiger partial charge < -0.3 is 16.3 Å². The van der Waals surface area contributed by atoms with Gasteiger partial charge in [0.1, 0.15) is 6.23 Å². The molecule has 0 rings (SSSR count). The lowest BCUT2D eigenvalue weighted by molar-refractivity contribution is 0.178. The summed E-state index contributed by atoms with van der Waals surface area (Å²) < 4.78 is 0. The van der Waals surface area contributed by atoms with E-state index in [1.165, 1.54) is 0 Å². The zero-order valence-corrected chi connectivity index (χ0v) is 3.81. The predicted molar refractivity (Wildman–Crippen MR) is 24.1 cm³/mol. The van der Waals surface area contributed by atoms with Crippen molar-refractivity contribution in [2.75, 3.05) is 0 Å². The highest BCUT2D eigenvalue weighted by molar-refractivity contribution is 4.31. The second-order valence-electron chi connectivity index (χ2n) is 0.976. The van der Waals surface area contributed by atoms with Crippen molar-refractivity contribution in [1.29, 1.82) is 0 Å². The van der Waals surface area contributed by atoms with E-state index in [4.69, 9.17) is 10.8 Å². The molecular weight excluding hydrogens is 82.0 g/mol. The molecule has 40 valence electrons. The molecule has 0 amide bonds. The van der Waals surface area contributed by atoms with Crippen molar-refractivity contribution in [3.05, 3.63) is 0 Å². The van der Waals surface area contributed by atoms with Crippen molar-refractivity contribution >= 4 is 0 Å². The van der Waals surface area contributed by atoms with E-state index in [9.17, 15) is 0 Å². The van der Waals surface area contributed by atoms with E-state index in [0.717, 1.165) is 0 Å². The van der Waals surface area contributed by atoms with Crippen LogP contribution >= 0.6 is 0 Å². The smallest absolute Gasteiger partial charge is 0.102 e. The maximum Gasteiger partial charge on any atom is 0.102 e. The first kappa shape index (κ1) is 9.30. The summed E-state index contributed by atoms with van der Waals surface area (Å²) in [5.74, 6) is 0. The predicted octanol–water partition coefficient (Wildman–Crippen LogP) is -1.15. The van der Waals surface area contributed by atoms with Crippen molar-refractivity contribution < 1.29 is 10.6 Å². The van der Waals surface area contributed by atoms with E-state index in [0.29, 0.717) is 6.42 Å². The average molecular weight is 93.1 g/mol. The largest absolute Gasteiger partial charge is 0.412 e. The molecule has 0 aliphatic rings. The highest BCUT2D eigenvalue weighted by Crippen LogP contribution is 1.72. The van der Waals surface area contributed by atoms with Crippen LogP contribution in [0.1, 0.15) is 13.3 Å². The molecule has 3 heteroatoms. The number of nitrogens with two attached hydrogens (primary N) is 1. The van der Waals surface area contributed by atoms with Crippen LogP contribution in [0.25, 0.3) is 0 Å². The first-order valence-electron chi connectivity index (χ1n) is 1.71. The van der Waals surface area contributed by atoms with Crippen LogP contribution in [-0.4, -0.2) is 16.8 Å². The fraction of sp³-hybridized carbons (Fsp3) is 1.00. The van der Waals surface area contributed by atoms with Crippen LogP contribution in [0.2, 0.25) is 0 Å². The molecule has 3 nitrogen and oxygen atoms in total. The minimum atomic E-state index is -0.616. The van der Waals surface area contributed by atoms with Gasteiger partial charge in [0.2, 0.25) is 0 Å². The van der Waals surface area contributed by atoms with E-state index in [1.807, 2.05) is 6.92 Å². The molecule has 0 aliphatic carbocycles. The Morgan fingerprint density at radius 1 is 1.83 bits per heavy atom. The van der Waals surface area contributed by atoms with Gasteiger partial charge in [-0.15, -0.1) is 0 Å². The molecule has 0 aromatic heterocycles. The molecule has 0 saturated carbocycles. The number of aliphatic hydroxyl groups excluding tert-OH is 1. The number of aliphatic hydroxyl groups is 1. The highest BCUT2D eigenvalue weighted by atomic mass is 16.3. The lowest BCUT2D eigenvalue weighted by Gasteiger charge is -1.91. The molecule has 0 radical (unpaired) electrons. The lowest BCUT2D eigenvalue weighted by atomic mass is 10.5. The Balaban J connectivity index is 0. The molecule has 0 fully saturated rings. The third kappa shape index (κ3) is 9.11. The molecule has 1 atom stereocenters. The second-order valence-corrected chi connectivity index (χ2v) is 0.976. The van der Waals surface area contributed by atoms with Crippen molar-refractivity contribution in [3.8, 4) is 0 Å². The average Bonchev–Trinajstić information content (AvgIpc) is 1.38. The molecule has 0 spiro atoms. The standard InChI is InChI=1S/C3H9NO.H2O/c1-2-3(4)5;/h3,5H,2,4H2,1H3;1H2. The van der Waals surface area contributed by atoms with Gasteiger partial charge in [-0.2, -0.15) is 0 Å². The minimum Gasteiger partial charge on any atom is -0.412 e. The SMILES string of the molecule is CCC(N)O.O. The Hall–Kier alpha value is -0.120. The lowest BCUT2D eigenvalue weighted by Crippen LogP contribution is -2.16. The molecule has 0 heterocycles. The summed E-state index contributed by atoms with van der Waals surface area (Å²) in [6.07, 6.45) is 0.0231. The molecule has 5 N–H and O–H groups in total. The van der Waals surface area contributed by atoms with Crippen LogP contribution in [0, 0.1) is 0 Å². The van der Waals surface area contributed by atoms with Gasteiger partial charge in [0.15, 0.2) is 0 Å². The Bertz CT molecular complexity index is 22.8. The van der Waals surface area contributed by atoms with Crippen molar-refractivity contribution in [3.63, 3.8) is 0 Å². The maximum absolute atomic E-state index is 8.14. The van der Waals surface area contributed by atoms with Crippen molar-refractivity contribution in [1.82, 2.24) is 0 Å². The van der Waals surface area contributed by atoms with Gasteiger partial charge in [-0.3, -0.25) is 0 Å². The van der Waals surface area contributed by atoms with Gasteiger partial charge in [-0.05, 0) is 6.42 Å². The number of rotatable bonds is 1. The van der Waals surface area contributed by atoms with Crippen molar-refractivity contribution in [2.45, 2.75) is 19.6 Å². The minimum absolute atomic E-state index is 0. The zero-order chi connectivity index (χ0) is 4.28. The molecule has 6 heavy (non-hydrogen) atoms. The van der Waals surface area contributed by atoms with Crippen LogP contribution in [0.4, 0.5) is 0 Å². The Labute approximate surface area is 37.1 Å². The molecule has 0 aliphatic heterocycles. The monoisotopic (exact) mass is 93.1 g/mol. The first-order valence-corrected chi connectivity index (χ1v) is 1.71. The van der Waals surface area contributed by atoms with Gasteiger partial charge in [0.25, 0.3) is 0 Å². The molecule has 0 saturated heterocycles. The van der Waals surface area contributed by atoms with Gasteiger partial charge >= 0.3 is 0 Å². The second kappa shape index (κ2) is 4.88. The fourth-order valence-corrected chi connectivity index (χ4v) is 0. The van der Waals surface area contributed by atoms with E-state index in [-0.39, 0.29) is 5.48 Å². The van der Waals surface area contributed by atoms with Gasteiger partial charge in [0.05, 0.1) is 0 Å². The van der Waals surface area contributed by atoms with E-state index in [2.05, 4.69) is 0 Å². The summed E-state index contributed by atoms with van der Waals surface area (Å²) in [7, 11) is 0. The highest BCUT2D eigenvalue weighted by Gasteiger charge is 1.81. The van der Waals surface area contributed by atoms with Crippen LogP contribution in [0.3, 0.4) is 0 Å². The first-order chi connectivity index (χ1) is 2.27. The van der Waals surface area contributed by atoms with Gasteiger partial charge in [-0.25, -0.2) is 0 Å². The summed E-state index contributed by atoms with van der Waals surface area (Å²) >= 11 is 0. The fourth-order valence-electron chi connectivity index (χ4n) is 0. The van der Waals surface area contributed by atoms with Crippen LogP contribution in [0.5, 0.6) is 0 Å². The van der Waals surface area contributed by atoms with Gasteiger partial charge in [0, 0.05) is 0 Å². The van der Waals surface area contributed by atoms with Crippen molar-refractivity contribution in [2.24, 2.45) is 5.73 Å². The quantitative estimate of drug-likeness (QED) is 0.401. The van der Waals surface area contributed by atoms with E-state index in [1.54, 1.807) is 0 Å². The summed E-state index contributed by atoms with van der Waals surface area (Å²) in [6.45, 7) is 1.82. The van der Waals surface area contributed by atoms with Crippen LogP contribution in [-0.2, 0) is 0 Å². The van der Waals surface area contributed by atoms with E-state index >= 15 is 0 Å². The van der Waals surface area contributed by atoms with Gasteiger partial charge in [-0.1, -0.05) is 6.92 Å².